The Kier molecular flexibility index (Phi) is 6.73. The highest BCUT2D eigenvalue weighted by Crippen LogP contribution is 2.33. The maximum absolute atomic E-state index is 11.4. The molecule has 2 rings (SSSR count). The van der Waals surface area contributed by atoms with Crippen LogP contribution in [0.15, 0.2) is 0 Å². The molecule has 7 heteroatoms. The molecular weight excluding hydrogens is 391 g/mol. The van der Waals surface area contributed by atoms with Crippen molar-refractivity contribution in [1.82, 2.24) is 10.6 Å². The molecule has 0 aromatic heterocycles. The number of carbonyl (C=O) groups excluding carboxylic acids is 2. The number of halogens is 1. The molecule has 0 aromatic rings. The number of fused-ring (bicyclic) bond motifs is 1. The van der Waals surface area contributed by atoms with Gasteiger partial charge in [0, 0.05) is 21.9 Å². The standard InChI is InChI=1S/C13H21IN2O3S/c14-6-3-7-19-11(17)5-2-1-4-10-12-9(8-20-10)15-13(18)16-12/h9-10,12H,1-8H2,(H2,15,16,18). The summed E-state index contributed by atoms with van der Waals surface area (Å²) >= 11 is 4.19. The first-order valence-electron chi connectivity index (χ1n) is 7.11. The lowest BCUT2D eigenvalue weighted by molar-refractivity contribution is -0.143. The Morgan fingerprint density at radius 3 is 3.00 bits per heavy atom. The molecule has 0 spiro atoms. The van der Waals surface area contributed by atoms with Gasteiger partial charge in [-0.15, -0.1) is 0 Å². The van der Waals surface area contributed by atoms with Crippen molar-refractivity contribution in [2.75, 3.05) is 16.8 Å². The SMILES string of the molecule is O=C1NC2CSC(CCCCC(=O)OCCCI)C2N1. The molecule has 0 aliphatic carbocycles. The van der Waals surface area contributed by atoms with Crippen molar-refractivity contribution in [2.45, 2.75) is 49.4 Å². The van der Waals surface area contributed by atoms with E-state index in [2.05, 4.69) is 33.2 Å². The lowest BCUT2D eigenvalue weighted by Crippen LogP contribution is -2.36. The zero-order valence-corrected chi connectivity index (χ0v) is 14.4. The highest BCUT2D eigenvalue weighted by Gasteiger charge is 2.42. The summed E-state index contributed by atoms with van der Waals surface area (Å²) in [5.74, 6) is 0.912. The fraction of sp³-hybridized carbons (Fsp3) is 0.846. The topological polar surface area (TPSA) is 67.4 Å². The van der Waals surface area contributed by atoms with Crippen molar-refractivity contribution in [3.63, 3.8) is 0 Å². The molecule has 2 aliphatic rings. The van der Waals surface area contributed by atoms with Crippen LogP contribution in [0.5, 0.6) is 0 Å². The van der Waals surface area contributed by atoms with Gasteiger partial charge in [-0.3, -0.25) is 4.79 Å². The summed E-state index contributed by atoms with van der Waals surface area (Å²) in [6.07, 6.45) is 4.38. The van der Waals surface area contributed by atoms with Crippen LogP contribution in [-0.4, -0.2) is 46.1 Å². The zero-order chi connectivity index (χ0) is 14.4. The molecule has 2 amide bonds. The van der Waals surface area contributed by atoms with Crippen LogP contribution in [0.1, 0.15) is 32.1 Å². The minimum absolute atomic E-state index is 0.0378. The van der Waals surface area contributed by atoms with E-state index in [0.717, 1.165) is 35.9 Å². The van der Waals surface area contributed by atoms with E-state index in [0.29, 0.717) is 18.3 Å². The number of thioether (sulfide) groups is 1. The Morgan fingerprint density at radius 1 is 1.35 bits per heavy atom. The monoisotopic (exact) mass is 412 g/mol. The molecule has 2 aliphatic heterocycles. The molecule has 5 nitrogen and oxygen atoms in total. The highest BCUT2D eigenvalue weighted by molar-refractivity contribution is 14.1. The minimum Gasteiger partial charge on any atom is -0.466 e. The van der Waals surface area contributed by atoms with Crippen LogP contribution in [0.4, 0.5) is 4.79 Å². The van der Waals surface area contributed by atoms with Gasteiger partial charge in [-0.05, 0) is 19.3 Å². The summed E-state index contributed by atoms with van der Waals surface area (Å²) in [7, 11) is 0. The van der Waals surface area contributed by atoms with Crippen LogP contribution in [0.2, 0.25) is 0 Å². The molecule has 0 saturated carbocycles. The van der Waals surface area contributed by atoms with Gasteiger partial charge in [-0.25, -0.2) is 4.79 Å². The van der Waals surface area contributed by atoms with Crippen molar-refractivity contribution in [3.8, 4) is 0 Å². The molecule has 0 radical (unpaired) electrons. The predicted octanol–water partition coefficient (Wildman–Crippen LogP) is 2.08. The molecule has 2 saturated heterocycles. The fourth-order valence-electron chi connectivity index (χ4n) is 2.57. The number of urea groups is 1. The number of nitrogens with one attached hydrogen (secondary N) is 2. The number of hydrogen-bond acceptors (Lipinski definition) is 4. The van der Waals surface area contributed by atoms with E-state index < -0.39 is 0 Å². The second-order valence-corrected chi connectivity index (χ2v) is 7.48. The quantitative estimate of drug-likeness (QED) is 0.211. The van der Waals surface area contributed by atoms with Crippen LogP contribution < -0.4 is 10.6 Å². The van der Waals surface area contributed by atoms with E-state index >= 15 is 0 Å². The molecule has 3 unspecified atom stereocenters. The van der Waals surface area contributed by atoms with E-state index in [9.17, 15) is 9.59 Å². The first-order valence-corrected chi connectivity index (χ1v) is 9.68. The Hall–Kier alpha value is -0.180. The second-order valence-electron chi connectivity index (χ2n) is 5.13. The number of ether oxygens (including phenoxy) is 1. The number of amides is 2. The zero-order valence-electron chi connectivity index (χ0n) is 11.4. The number of unbranched alkanes of at least 4 members (excludes halogenated alkanes) is 1. The third kappa shape index (κ3) is 4.68. The van der Waals surface area contributed by atoms with Gasteiger partial charge in [0.25, 0.3) is 0 Å². The van der Waals surface area contributed by atoms with Gasteiger partial charge in [-0.1, -0.05) is 29.0 Å². The summed E-state index contributed by atoms with van der Waals surface area (Å²) in [5, 5.41) is 6.40. The average Bonchev–Trinajstić information content (AvgIpc) is 2.95. The van der Waals surface area contributed by atoms with Gasteiger partial charge in [0.15, 0.2) is 0 Å². The smallest absolute Gasteiger partial charge is 0.315 e. The summed E-state index contributed by atoms with van der Waals surface area (Å²) in [5.41, 5.74) is 0. The van der Waals surface area contributed by atoms with Crippen LogP contribution in [0.3, 0.4) is 0 Å². The third-order valence-corrected chi connectivity index (χ3v) is 5.87. The van der Waals surface area contributed by atoms with Gasteiger partial charge in [0.1, 0.15) is 0 Å². The van der Waals surface area contributed by atoms with Crippen LogP contribution in [0, 0.1) is 0 Å². The molecule has 0 bridgehead atoms. The molecule has 20 heavy (non-hydrogen) atoms. The van der Waals surface area contributed by atoms with Gasteiger partial charge < -0.3 is 15.4 Å². The first-order chi connectivity index (χ1) is 9.70. The number of alkyl halides is 1. The molecule has 2 N–H and O–H groups in total. The molecule has 114 valence electrons. The fourth-order valence-corrected chi connectivity index (χ4v) is 4.43. The number of carbonyl (C=O) groups is 2. The number of esters is 1. The van der Waals surface area contributed by atoms with E-state index in [1.165, 1.54) is 0 Å². The molecule has 2 fully saturated rings. The molecular formula is C13H21IN2O3S. The van der Waals surface area contributed by atoms with E-state index in [-0.39, 0.29) is 24.1 Å². The summed E-state index contributed by atoms with van der Waals surface area (Å²) < 4.78 is 6.14. The van der Waals surface area contributed by atoms with Crippen molar-refractivity contribution in [1.29, 1.82) is 0 Å². The normalized spacial score (nSPS) is 27.9. The molecule has 3 atom stereocenters. The van der Waals surface area contributed by atoms with Crippen LogP contribution in [0.25, 0.3) is 0 Å². The predicted molar refractivity (Wildman–Crippen MR) is 88.4 cm³/mol. The van der Waals surface area contributed by atoms with E-state index in [1.54, 1.807) is 0 Å². The molecule has 0 aromatic carbocycles. The Balaban J connectivity index is 1.55. The van der Waals surface area contributed by atoms with Crippen LogP contribution >= 0.6 is 34.4 Å². The Morgan fingerprint density at radius 2 is 2.20 bits per heavy atom. The van der Waals surface area contributed by atoms with E-state index in [1.807, 2.05) is 11.8 Å². The highest BCUT2D eigenvalue weighted by atomic mass is 127. The summed E-state index contributed by atoms with van der Waals surface area (Å²) in [4.78, 5) is 22.7. The maximum atomic E-state index is 11.4. The Labute approximate surface area is 137 Å². The van der Waals surface area contributed by atoms with Crippen LogP contribution in [-0.2, 0) is 9.53 Å². The lowest BCUT2D eigenvalue weighted by atomic mass is 10.0. The molecule has 2 heterocycles. The van der Waals surface area contributed by atoms with Crippen molar-refractivity contribution < 1.29 is 14.3 Å². The second kappa shape index (κ2) is 8.31. The number of hydrogen-bond donors (Lipinski definition) is 2. The lowest BCUT2D eigenvalue weighted by Gasteiger charge is -2.16. The average molecular weight is 412 g/mol. The summed E-state index contributed by atoms with van der Waals surface area (Å²) in [6, 6.07) is 0.517. The van der Waals surface area contributed by atoms with Gasteiger partial charge in [0.05, 0.1) is 18.7 Å². The summed E-state index contributed by atoms with van der Waals surface area (Å²) in [6.45, 7) is 0.543. The van der Waals surface area contributed by atoms with E-state index in [4.69, 9.17) is 4.74 Å². The maximum Gasteiger partial charge on any atom is 0.315 e. The minimum atomic E-state index is -0.0809. The van der Waals surface area contributed by atoms with Crippen molar-refractivity contribution in [2.24, 2.45) is 0 Å². The number of rotatable bonds is 8. The van der Waals surface area contributed by atoms with Gasteiger partial charge in [0.2, 0.25) is 0 Å². The van der Waals surface area contributed by atoms with Gasteiger partial charge >= 0.3 is 12.0 Å². The Bertz CT molecular complexity index is 357. The first kappa shape index (κ1) is 16.2. The largest absolute Gasteiger partial charge is 0.466 e. The van der Waals surface area contributed by atoms with Crippen molar-refractivity contribution in [3.05, 3.63) is 0 Å². The van der Waals surface area contributed by atoms with Gasteiger partial charge in [-0.2, -0.15) is 11.8 Å². The third-order valence-electron chi connectivity index (χ3n) is 3.60. The van der Waals surface area contributed by atoms with Crippen molar-refractivity contribution >= 4 is 46.4 Å².